The zero-order chi connectivity index (χ0) is 18.4. The third-order valence-electron chi connectivity index (χ3n) is 5.92. The van der Waals surface area contributed by atoms with Crippen LogP contribution in [0.25, 0.3) is 11.0 Å². The maximum Gasteiger partial charge on any atom is 0.270 e. The molecule has 4 fully saturated rings. The molecule has 1 N–H and O–H groups in total. The molecule has 2 aromatic rings. The first-order chi connectivity index (χ1) is 13.2. The number of hydrogen-bond acceptors (Lipinski definition) is 6. The number of furan rings is 1. The predicted octanol–water partition coefficient (Wildman–Crippen LogP) is 1.01. The van der Waals surface area contributed by atoms with Crippen LogP contribution in [0.4, 0.5) is 5.69 Å². The zero-order valence-electron chi connectivity index (χ0n) is 15.0. The highest BCUT2D eigenvalue weighted by Crippen LogP contribution is 2.31. The van der Waals surface area contributed by atoms with Gasteiger partial charge < -0.3 is 24.3 Å². The average Bonchev–Trinajstić information content (AvgIpc) is 3.12. The number of carbonyl (C=O) groups excluding carboxylic acids is 2. The maximum absolute atomic E-state index is 12.8. The fourth-order valence-corrected chi connectivity index (χ4v) is 4.40. The van der Waals surface area contributed by atoms with Crippen molar-refractivity contribution in [1.29, 1.82) is 0 Å². The molecule has 0 saturated carbocycles. The number of morpholine rings is 1. The van der Waals surface area contributed by atoms with Crippen molar-refractivity contribution in [3.8, 4) is 0 Å². The summed E-state index contributed by atoms with van der Waals surface area (Å²) in [4.78, 5) is 33.2. The summed E-state index contributed by atoms with van der Waals surface area (Å²) in [5, 5.41) is 3.88. The van der Waals surface area contributed by atoms with Crippen molar-refractivity contribution < 1.29 is 18.7 Å². The first-order valence-corrected chi connectivity index (χ1v) is 9.47. The van der Waals surface area contributed by atoms with E-state index in [-0.39, 0.29) is 24.5 Å². The van der Waals surface area contributed by atoms with Crippen molar-refractivity contribution >= 4 is 28.5 Å². The fraction of sp³-hybridized carbons (Fsp3) is 0.526. The summed E-state index contributed by atoms with van der Waals surface area (Å²) < 4.78 is 10.7. The number of aromatic nitrogens is 1. The van der Waals surface area contributed by atoms with Crippen LogP contribution in [0.3, 0.4) is 0 Å². The summed E-state index contributed by atoms with van der Waals surface area (Å²) in [5.41, 5.74) is 1.57. The lowest BCUT2D eigenvalue weighted by Crippen LogP contribution is -2.57. The van der Waals surface area contributed by atoms with E-state index in [4.69, 9.17) is 9.15 Å². The second-order valence-electron chi connectivity index (χ2n) is 7.50. The van der Waals surface area contributed by atoms with E-state index in [9.17, 15) is 9.59 Å². The van der Waals surface area contributed by atoms with Crippen LogP contribution in [0.5, 0.6) is 0 Å². The summed E-state index contributed by atoms with van der Waals surface area (Å²) in [5.74, 6) is 0.272. The predicted molar refractivity (Wildman–Crippen MR) is 97.6 cm³/mol. The molecule has 6 rings (SSSR count). The average molecular weight is 370 g/mol. The number of piperidine rings is 3. The Kier molecular flexibility index (Phi) is 4.09. The Balaban J connectivity index is 1.39. The standard InChI is InChI=1S/C19H22N4O4/c24-18-11-26-6-5-23(18)16-10-27-17-8-20-14(7-13(16)17)19(25)21-15-9-22-3-1-12(15)2-4-22/h7-8,10,12,15H,1-6,9,11H2,(H,21,25)/t15-/m0/s1. The number of anilines is 1. The molecule has 8 heteroatoms. The summed E-state index contributed by atoms with van der Waals surface area (Å²) in [7, 11) is 0. The Bertz CT molecular complexity index is 887. The van der Waals surface area contributed by atoms with E-state index >= 15 is 0 Å². The Morgan fingerprint density at radius 3 is 2.85 bits per heavy atom. The van der Waals surface area contributed by atoms with Crippen molar-refractivity contribution in [2.75, 3.05) is 44.3 Å². The number of nitrogens with zero attached hydrogens (tertiary/aromatic N) is 3. The van der Waals surface area contributed by atoms with Crippen molar-refractivity contribution in [2.24, 2.45) is 5.92 Å². The van der Waals surface area contributed by atoms with Gasteiger partial charge in [0.2, 0.25) is 0 Å². The van der Waals surface area contributed by atoms with Gasteiger partial charge in [0, 0.05) is 24.5 Å². The number of pyridine rings is 1. The summed E-state index contributed by atoms with van der Waals surface area (Å²) >= 11 is 0. The van der Waals surface area contributed by atoms with Crippen molar-refractivity contribution in [3.63, 3.8) is 0 Å². The van der Waals surface area contributed by atoms with Crippen LogP contribution in [0.15, 0.2) is 22.9 Å². The van der Waals surface area contributed by atoms with Gasteiger partial charge in [0.25, 0.3) is 11.8 Å². The monoisotopic (exact) mass is 370 g/mol. The molecule has 27 heavy (non-hydrogen) atoms. The number of rotatable bonds is 3. The molecule has 2 bridgehead atoms. The molecule has 0 unspecified atom stereocenters. The van der Waals surface area contributed by atoms with Gasteiger partial charge in [0.05, 0.1) is 18.5 Å². The molecular formula is C19H22N4O4. The maximum atomic E-state index is 12.8. The Morgan fingerprint density at radius 1 is 1.26 bits per heavy atom. The third kappa shape index (κ3) is 2.98. The Labute approximate surface area is 156 Å². The van der Waals surface area contributed by atoms with E-state index < -0.39 is 0 Å². The number of carbonyl (C=O) groups is 2. The van der Waals surface area contributed by atoms with Crippen LogP contribution >= 0.6 is 0 Å². The molecule has 1 atom stereocenters. The highest BCUT2D eigenvalue weighted by atomic mass is 16.5. The highest BCUT2D eigenvalue weighted by molar-refractivity contribution is 6.05. The molecule has 0 radical (unpaired) electrons. The van der Waals surface area contributed by atoms with E-state index in [1.165, 1.54) is 0 Å². The highest BCUT2D eigenvalue weighted by Gasteiger charge is 2.35. The van der Waals surface area contributed by atoms with Gasteiger partial charge in [-0.3, -0.25) is 9.59 Å². The molecule has 142 valence electrons. The molecule has 0 spiro atoms. The molecule has 8 nitrogen and oxygen atoms in total. The molecule has 2 amide bonds. The number of hydrogen-bond donors (Lipinski definition) is 1. The van der Waals surface area contributed by atoms with Crippen molar-refractivity contribution in [1.82, 2.24) is 15.2 Å². The minimum Gasteiger partial charge on any atom is -0.460 e. The van der Waals surface area contributed by atoms with Gasteiger partial charge >= 0.3 is 0 Å². The van der Waals surface area contributed by atoms with Crippen LogP contribution < -0.4 is 10.2 Å². The summed E-state index contributed by atoms with van der Waals surface area (Å²) in [6.45, 7) is 4.19. The molecule has 6 heterocycles. The minimum atomic E-state index is -0.170. The second kappa shape index (κ2) is 6.61. The van der Waals surface area contributed by atoms with Gasteiger partial charge in [-0.25, -0.2) is 4.98 Å². The topological polar surface area (TPSA) is 87.9 Å². The molecule has 4 aliphatic rings. The van der Waals surface area contributed by atoms with Gasteiger partial charge in [-0.05, 0) is 37.9 Å². The van der Waals surface area contributed by atoms with Crippen molar-refractivity contribution in [3.05, 3.63) is 24.2 Å². The van der Waals surface area contributed by atoms with Crippen LogP contribution in [0, 0.1) is 5.92 Å². The molecule has 0 aliphatic carbocycles. The number of amides is 2. The van der Waals surface area contributed by atoms with Gasteiger partial charge in [-0.2, -0.15) is 0 Å². The van der Waals surface area contributed by atoms with Gasteiger partial charge in [0.15, 0.2) is 5.58 Å². The number of ether oxygens (including phenoxy) is 1. The number of fused-ring (bicyclic) bond motifs is 4. The molecular weight excluding hydrogens is 348 g/mol. The van der Waals surface area contributed by atoms with E-state index in [2.05, 4.69) is 15.2 Å². The summed E-state index contributed by atoms with van der Waals surface area (Å²) in [6.07, 6.45) is 5.38. The number of nitrogens with one attached hydrogen (secondary N) is 1. The second-order valence-corrected chi connectivity index (χ2v) is 7.50. The summed E-state index contributed by atoms with van der Waals surface area (Å²) in [6, 6.07) is 1.90. The first kappa shape index (κ1) is 16.7. The van der Waals surface area contributed by atoms with Crippen LogP contribution in [-0.2, 0) is 9.53 Å². The molecule has 0 aromatic carbocycles. The fourth-order valence-electron chi connectivity index (χ4n) is 4.40. The van der Waals surface area contributed by atoms with E-state index in [1.807, 2.05) is 0 Å². The SMILES string of the molecule is O=C(N[C@H]1CN2CCC1CC2)c1cc2c(N3CCOCC3=O)coc2cn1. The van der Waals surface area contributed by atoms with Crippen LogP contribution in [0.2, 0.25) is 0 Å². The molecule has 2 aromatic heterocycles. The molecule has 4 saturated heterocycles. The van der Waals surface area contributed by atoms with Gasteiger partial charge in [-0.15, -0.1) is 0 Å². The lowest BCUT2D eigenvalue weighted by molar-refractivity contribution is -0.125. The molecule has 4 aliphatic heterocycles. The Morgan fingerprint density at radius 2 is 2.11 bits per heavy atom. The lowest BCUT2D eigenvalue weighted by atomic mass is 9.84. The third-order valence-corrected chi connectivity index (χ3v) is 5.92. The van der Waals surface area contributed by atoms with E-state index in [0.717, 1.165) is 37.9 Å². The van der Waals surface area contributed by atoms with E-state index in [1.54, 1.807) is 23.4 Å². The van der Waals surface area contributed by atoms with E-state index in [0.29, 0.717) is 36.0 Å². The van der Waals surface area contributed by atoms with Crippen LogP contribution in [0.1, 0.15) is 23.3 Å². The zero-order valence-corrected chi connectivity index (χ0v) is 15.0. The smallest absolute Gasteiger partial charge is 0.270 e. The quantitative estimate of drug-likeness (QED) is 0.868. The minimum absolute atomic E-state index is 0.0602. The van der Waals surface area contributed by atoms with Crippen LogP contribution in [-0.4, -0.2) is 67.1 Å². The Hall–Kier alpha value is -2.45. The van der Waals surface area contributed by atoms with Gasteiger partial charge in [-0.1, -0.05) is 0 Å². The first-order valence-electron chi connectivity index (χ1n) is 9.47. The van der Waals surface area contributed by atoms with Gasteiger partial charge in [0.1, 0.15) is 18.6 Å². The van der Waals surface area contributed by atoms with Crippen molar-refractivity contribution in [2.45, 2.75) is 18.9 Å². The largest absolute Gasteiger partial charge is 0.460 e. The normalized spacial score (nSPS) is 27.9. The lowest BCUT2D eigenvalue weighted by Gasteiger charge is -2.44.